The van der Waals surface area contributed by atoms with E-state index in [1.54, 1.807) is 20.8 Å². The molecule has 0 aliphatic heterocycles. The highest BCUT2D eigenvalue weighted by atomic mass is 19.1. The molecule has 3 N–H and O–H groups in total. The number of alkyl carbamates (subject to hydrolysis) is 1. The summed E-state index contributed by atoms with van der Waals surface area (Å²) >= 11 is 0. The minimum absolute atomic E-state index is 0.172. The van der Waals surface area contributed by atoms with Gasteiger partial charge in [0.05, 0.1) is 5.56 Å². The van der Waals surface area contributed by atoms with Crippen molar-refractivity contribution >= 4 is 11.9 Å². The van der Waals surface area contributed by atoms with Crippen LogP contribution in [0.5, 0.6) is 0 Å². The summed E-state index contributed by atoms with van der Waals surface area (Å²) in [5, 5.41) is 22.2. The lowest BCUT2D eigenvalue weighted by Gasteiger charge is -2.22. The van der Waals surface area contributed by atoms with Gasteiger partial charge in [0.1, 0.15) is 23.6 Å². The standard InChI is InChI=1S/C16H22FNO5/c1-9(19)10-6-5-7-11(13(10)17)14(21)12(20)8-18-15(22)23-16(2,3)4/h5-7,12,14,20-21H,8H2,1-4H3,(H,18,22). The molecule has 1 aromatic rings. The van der Waals surface area contributed by atoms with E-state index >= 15 is 0 Å². The zero-order valence-corrected chi connectivity index (χ0v) is 13.6. The Kier molecular flexibility index (Phi) is 6.23. The lowest BCUT2D eigenvalue weighted by atomic mass is 9.99. The van der Waals surface area contributed by atoms with Crippen molar-refractivity contribution in [2.45, 2.75) is 45.5 Å². The predicted octanol–water partition coefficient (Wildman–Crippen LogP) is 1.95. The highest BCUT2D eigenvalue weighted by Crippen LogP contribution is 2.23. The molecule has 0 aliphatic carbocycles. The van der Waals surface area contributed by atoms with Gasteiger partial charge in [-0.2, -0.15) is 0 Å². The number of rotatable bonds is 5. The number of amides is 1. The number of carbonyl (C=O) groups is 2. The molecule has 2 unspecified atom stereocenters. The smallest absolute Gasteiger partial charge is 0.407 e. The fraction of sp³-hybridized carbons (Fsp3) is 0.500. The number of hydrogen-bond acceptors (Lipinski definition) is 5. The monoisotopic (exact) mass is 327 g/mol. The van der Waals surface area contributed by atoms with Crippen molar-refractivity contribution in [3.63, 3.8) is 0 Å². The minimum atomic E-state index is -1.59. The van der Waals surface area contributed by atoms with Crippen LogP contribution < -0.4 is 5.32 Å². The molecule has 0 bridgehead atoms. The fourth-order valence-electron chi connectivity index (χ4n) is 1.87. The first-order valence-corrected chi connectivity index (χ1v) is 7.15. The fourth-order valence-corrected chi connectivity index (χ4v) is 1.87. The quantitative estimate of drug-likeness (QED) is 0.718. The summed E-state index contributed by atoms with van der Waals surface area (Å²) in [4.78, 5) is 22.8. The van der Waals surface area contributed by atoms with Crippen molar-refractivity contribution in [3.05, 3.63) is 35.1 Å². The number of hydrogen-bond donors (Lipinski definition) is 3. The third-order valence-corrected chi connectivity index (χ3v) is 2.95. The van der Waals surface area contributed by atoms with Crippen LogP contribution in [0, 0.1) is 5.82 Å². The van der Waals surface area contributed by atoms with Crippen LogP contribution in [0.25, 0.3) is 0 Å². The summed E-state index contributed by atoms with van der Waals surface area (Å²) in [6.45, 7) is 5.91. The average Bonchev–Trinajstić information content (AvgIpc) is 2.42. The molecular formula is C16H22FNO5. The van der Waals surface area contributed by atoms with Gasteiger partial charge in [-0.25, -0.2) is 9.18 Å². The van der Waals surface area contributed by atoms with Crippen LogP contribution >= 0.6 is 0 Å². The minimum Gasteiger partial charge on any atom is -0.444 e. The lowest BCUT2D eigenvalue weighted by Crippen LogP contribution is -2.39. The van der Waals surface area contributed by atoms with E-state index in [0.717, 1.165) is 0 Å². The summed E-state index contributed by atoms with van der Waals surface area (Å²) in [7, 11) is 0. The SMILES string of the molecule is CC(=O)c1cccc(C(O)C(O)CNC(=O)OC(C)(C)C)c1F. The third-order valence-electron chi connectivity index (χ3n) is 2.95. The summed E-state index contributed by atoms with van der Waals surface area (Å²) in [6.07, 6.45) is -3.81. The van der Waals surface area contributed by atoms with Gasteiger partial charge in [0.25, 0.3) is 0 Å². The maximum atomic E-state index is 14.2. The van der Waals surface area contributed by atoms with Crippen LogP contribution in [-0.4, -0.2) is 40.3 Å². The van der Waals surface area contributed by atoms with Gasteiger partial charge in [0, 0.05) is 12.1 Å². The Morgan fingerprint density at radius 2 is 1.91 bits per heavy atom. The molecular weight excluding hydrogens is 305 g/mol. The molecule has 0 heterocycles. The van der Waals surface area contributed by atoms with E-state index in [0.29, 0.717) is 0 Å². The van der Waals surface area contributed by atoms with Crippen LogP contribution in [0.3, 0.4) is 0 Å². The number of ketones is 1. The van der Waals surface area contributed by atoms with E-state index in [1.807, 2.05) is 0 Å². The van der Waals surface area contributed by atoms with Gasteiger partial charge in [-0.1, -0.05) is 12.1 Å². The molecule has 1 amide bonds. The first kappa shape index (κ1) is 19.1. The van der Waals surface area contributed by atoms with Crippen LogP contribution in [0.2, 0.25) is 0 Å². The summed E-state index contributed by atoms with van der Waals surface area (Å²) in [5.41, 5.74) is -1.08. The topological polar surface area (TPSA) is 95.9 Å². The molecule has 7 heteroatoms. The molecule has 0 saturated carbocycles. The molecule has 128 valence electrons. The zero-order chi connectivity index (χ0) is 17.8. The second-order valence-electron chi connectivity index (χ2n) is 6.16. The van der Waals surface area contributed by atoms with Crippen molar-refractivity contribution in [1.29, 1.82) is 0 Å². The Hall–Kier alpha value is -1.99. The van der Waals surface area contributed by atoms with Crippen LogP contribution in [0.4, 0.5) is 9.18 Å². The van der Waals surface area contributed by atoms with E-state index in [1.165, 1.54) is 25.1 Å². The van der Waals surface area contributed by atoms with E-state index in [4.69, 9.17) is 4.74 Å². The second-order valence-corrected chi connectivity index (χ2v) is 6.16. The van der Waals surface area contributed by atoms with E-state index < -0.39 is 35.5 Å². The molecule has 2 atom stereocenters. The Balaban J connectivity index is 2.74. The Morgan fingerprint density at radius 1 is 1.30 bits per heavy atom. The molecule has 0 fully saturated rings. The highest BCUT2D eigenvalue weighted by molar-refractivity contribution is 5.94. The van der Waals surface area contributed by atoms with Crippen molar-refractivity contribution in [1.82, 2.24) is 5.32 Å². The lowest BCUT2D eigenvalue weighted by molar-refractivity contribution is 0.0113. The number of aliphatic hydroxyl groups excluding tert-OH is 2. The number of ether oxygens (including phenoxy) is 1. The average molecular weight is 327 g/mol. The van der Waals surface area contributed by atoms with Crippen LogP contribution in [0.15, 0.2) is 18.2 Å². The summed E-state index contributed by atoms with van der Waals surface area (Å²) in [5.74, 6) is -1.37. The number of Topliss-reactive ketones (excluding diaryl/α,β-unsaturated/α-hetero) is 1. The predicted molar refractivity (Wildman–Crippen MR) is 81.6 cm³/mol. The van der Waals surface area contributed by atoms with E-state index in [-0.39, 0.29) is 17.7 Å². The maximum absolute atomic E-state index is 14.2. The second kappa shape index (κ2) is 7.52. The van der Waals surface area contributed by atoms with Gasteiger partial charge in [0.15, 0.2) is 5.78 Å². The first-order valence-electron chi connectivity index (χ1n) is 7.15. The zero-order valence-electron chi connectivity index (χ0n) is 13.6. The molecule has 1 aromatic carbocycles. The third kappa shape index (κ3) is 5.61. The molecule has 0 aromatic heterocycles. The van der Waals surface area contributed by atoms with Crippen molar-refractivity contribution in [2.75, 3.05) is 6.54 Å². The van der Waals surface area contributed by atoms with Gasteiger partial charge in [-0.3, -0.25) is 4.79 Å². The molecule has 23 heavy (non-hydrogen) atoms. The Bertz CT molecular complexity index is 582. The van der Waals surface area contributed by atoms with E-state index in [9.17, 15) is 24.2 Å². The van der Waals surface area contributed by atoms with Crippen molar-refractivity contribution in [2.24, 2.45) is 0 Å². The van der Waals surface area contributed by atoms with Gasteiger partial charge < -0.3 is 20.3 Å². The molecule has 0 radical (unpaired) electrons. The Labute approximate surface area is 134 Å². The number of nitrogens with one attached hydrogen (secondary N) is 1. The van der Waals surface area contributed by atoms with Gasteiger partial charge in [-0.05, 0) is 33.8 Å². The number of benzene rings is 1. The maximum Gasteiger partial charge on any atom is 0.407 e. The highest BCUT2D eigenvalue weighted by Gasteiger charge is 2.25. The number of carbonyl (C=O) groups excluding carboxylic acids is 2. The molecule has 0 spiro atoms. The Morgan fingerprint density at radius 3 is 2.43 bits per heavy atom. The summed E-state index contributed by atoms with van der Waals surface area (Å²) in [6, 6.07) is 3.97. The van der Waals surface area contributed by atoms with Gasteiger partial charge in [0.2, 0.25) is 0 Å². The van der Waals surface area contributed by atoms with Crippen LogP contribution in [-0.2, 0) is 4.74 Å². The van der Waals surface area contributed by atoms with Gasteiger partial charge in [-0.15, -0.1) is 0 Å². The number of halogens is 1. The molecule has 0 aliphatic rings. The van der Waals surface area contributed by atoms with Crippen molar-refractivity contribution in [3.8, 4) is 0 Å². The molecule has 6 nitrogen and oxygen atoms in total. The van der Waals surface area contributed by atoms with Gasteiger partial charge >= 0.3 is 6.09 Å². The molecule has 1 rings (SSSR count). The first-order chi connectivity index (χ1) is 10.5. The van der Waals surface area contributed by atoms with Crippen molar-refractivity contribution < 1.29 is 28.9 Å². The molecule has 0 saturated heterocycles. The summed E-state index contributed by atoms with van der Waals surface area (Å²) < 4.78 is 19.1. The largest absolute Gasteiger partial charge is 0.444 e. The van der Waals surface area contributed by atoms with E-state index in [2.05, 4.69) is 5.32 Å². The normalized spacial score (nSPS) is 14.0. The van der Waals surface area contributed by atoms with Crippen LogP contribution in [0.1, 0.15) is 49.7 Å². The number of aliphatic hydroxyl groups is 2.